The molecule has 0 aliphatic carbocycles. The van der Waals surface area contributed by atoms with E-state index in [1.165, 1.54) is 11.7 Å². The van der Waals surface area contributed by atoms with Crippen molar-refractivity contribution in [1.82, 2.24) is 19.3 Å². The van der Waals surface area contributed by atoms with E-state index >= 15 is 0 Å². The van der Waals surface area contributed by atoms with Crippen LogP contribution in [-0.4, -0.2) is 53.5 Å². The summed E-state index contributed by atoms with van der Waals surface area (Å²) in [4.78, 5) is 16.1. The van der Waals surface area contributed by atoms with Gasteiger partial charge in [-0.05, 0) is 30.7 Å². The van der Waals surface area contributed by atoms with E-state index in [1.807, 2.05) is 32.3 Å². The molecule has 33 heavy (non-hydrogen) atoms. The third-order valence-corrected chi connectivity index (χ3v) is 6.33. The predicted octanol–water partition coefficient (Wildman–Crippen LogP) is 2.77. The number of imidazole rings is 1. The van der Waals surface area contributed by atoms with E-state index in [1.54, 1.807) is 35.1 Å². The van der Waals surface area contributed by atoms with Gasteiger partial charge in [0.25, 0.3) is 0 Å². The number of sulfone groups is 1. The first kappa shape index (κ1) is 22.7. The number of aryl methyl sites for hydroxylation is 1. The fourth-order valence-corrected chi connectivity index (χ4v) is 4.95. The molecule has 2 aromatic heterocycles. The van der Waals surface area contributed by atoms with E-state index in [0.717, 1.165) is 17.4 Å². The molecule has 0 saturated carbocycles. The molecule has 0 spiro atoms. The van der Waals surface area contributed by atoms with Gasteiger partial charge in [-0.3, -0.25) is 9.25 Å². The highest BCUT2D eigenvalue weighted by molar-refractivity contribution is 7.90. The Labute approximate surface area is 191 Å². The summed E-state index contributed by atoms with van der Waals surface area (Å²) < 4.78 is 39.0. The Balaban J connectivity index is 1.94. The van der Waals surface area contributed by atoms with Crippen LogP contribution in [-0.2, 0) is 16.9 Å². The summed E-state index contributed by atoms with van der Waals surface area (Å²) >= 11 is 0. The number of H-pyrrole nitrogens is 1. The molecule has 4 aromatic rings. The number of hydrogen-bond acceptors (Lipinski definition) is 6. The number of methoxy groups -OCH3 is 1. The Kier molecular flexibility index (Phi) is 6.03. The number of para-hydroxylation sites is 1. The maximum absolute atomic E-state index is 13.2. The largest absolute Gasteiger partial charge is 0.493 e. The highest BCUT2D eigenvalue weighted by atomic mass is 32.2. The Morgan fingerprint density at radius 1 is 1.18 bits per heavy atom. The maximum atomic E-state index is 13.2. The van der Waals surface area contributed by atoms with Crippen LogP contribution in [0.4, 0.5) is 0 Å². The summed E-state index contributed by atoms with van der Waals surface area (Å²) in [7, 11) is -0.0856. The third-order valence-electron chi connectivity index (χ3n) is 5.41. The number of nitrogens with one attached hydrogen (secondary N) is 1. The number of benzene rings is 2. The molecule has 0 saturated heterocycles. The van der Waals surface area contributed by atoms with Crippen molar-refractivity contribution in [2.45, 2.75) is 13.0 Å². The van der Waals surface area contributed by atoms with Crippen molar-refractivity contribution in [2.24, 2.45) is 7.05 Å². The molecule has 1 N–H and O–H groups in total. The van der Waals surface area contributed by atoms with Crippen LogP contribution >= 0.6 is 0 Å². The number of aromatic amines is 1. The smallest absolute Gasteiger partial charge is 0.327 e. The number of rotatable bonds is 8. The molecule has 174 valence electrons. The first-order valence-electron chi connectivity index (χ1n) is 10.4. The second kappa shape index (κ2) is 8.78. The topological polar surface area (TPSA) is 108 Å². The van der Waals surface area contributed by atoms with E-state index in [4.69, 9.17) is 9.47 Å². The van der Waals surface area contributed by atoms with Crippen molar-refractivity contribution in [3.8, 4) is 22.6 Å². The summed E-state index contributed by atoms with van der Waals surface area (Å²) in [6, 6.07) is 9.97. The molecule has 9 nitrogen and oxygen atoms in total. The van der Waals surface area contributed by atoms with Crippen LogP contribution in [0, 0.1) is 0 Å². The van der Waals surface area contributed by atoms with Crippen LogP contribution < -0.4 is 15.2 Å². The number of hydrogen-bond donors (Lipinski definition) is 1. The van der Waals surface area contributed by atoms with Gasteiger partial charge < -0.3 is 14.5 Å². The van der Waals surface area contributed by atoms with Crippen LogP contribution in [0.1, 0.15) is 18.5 Å². The fraction of sp³-hybridized carbons (Fsp3) is 0.304. The monoisotopic (exact) mass is 470 g/mol. The molecule has 2 heterocycles. The van der Waals surface area contributed by atoms with Gasteiger partial charge in [-0.15, -0.1) is 0 Å². The van der Waals surface area contributed by atoms with Crippen LogP contribution in [0.15, 0.2) is 53.6 Å². The van der Waals surface area contributed by atoms with Crippen molar-refractivity contribution < 1.29 is 17.9 Å². The van der Waals surface area contributed by atoms with Gasteiger partial charge in [0.15, 0.2) is 11.5 Å². The summed E-state index contributed by atoms with van der Waals surface area (Å²) in [5.41, 5.74) is 3.10. The van der Waals surface area contributed by atoms with Crippen molar-refractivity contribution in [3.05, 3.63) is 64.8 Å². The Hall–Kier alpha value is -3.53. The van der Waals surface area contributed by atoms with Gasteiger partial charge >= 0.3 is 5.69 Å². The van der Waals surface area contributed by atoms with Crippen molar-refractivity contribution in [3.63, 3.8) is 0 Å². The fourth-order valence-electron chi connectivity index (χ4n) is 4.03. The van der Waals surface area contributed by atoms with Crippen molar-refractivity contribution >= 4 is 20.9 Å². The zero-order chi connectivity index (χ0) is 23.8. The predicted molar refractivity (Wildman–Crippen MR) is 127 cm³/mol. The average Bonchev–Trinajstić information content (AvgIpc) is 3.34. The van der Waals surface area contributed by atoms with Gasteiger partial charge in [0.1, 0.15) is 9.84 Å². The van der Waals surface area contributed by atoms with E-state index in [0.29, 0.717) is 34.7 Å². The van der Waals surface area contributed by atoms with E-state index < -0.39 is 21.6 Å². The minimum Gasteiger partial charge on any atom is -0.493 e. The van der Waals surface area contributed by atoms with E-state index in [2.05, 4.69) is 10.1 Å². The van der Waals surface area contributed by atoms with Gasteiger partial charge in [-0.25, -0.2) is 13.2 Å². The Bertz CT molecular complexity index is 1470. The van der Waals surface area contributed by atoms with Gasteiger partial charge in [0.2, 0.25) is 0 Å². The van der Waals surface area contributed by atoms with Gasteiger partial charge in [0, 0.05) is 30.6 Å². The Morgan fingerprint density at radius 3 is 2.61 bits per heavy atom. The average molecular weight is 471 g/mol. The second-order valence-corrected chi connectivity index (χ2v) is 10.0. The van der Waals surface area contributed by atoms with E-state index in [9.17, 15) is 13.2 Å². The molecule has 2 aromatic carbocycles. The zero-order valence-electron chi connectivity index (χ0n) is 18.9. The van der Waals surface area contributed by atoms with E-state index in [-0.39, 0.29) is 5.75 Å². The molecule has 10 heteroatoms. The summed E-state index contributed by atoms with van der Waals surface area (Å²) in [6.45, 7) is 2.27. The summed E-state index contributed by atoms with van der Waals surface area (Å²) in [5, 5.41) is 4.22. The molecule has 0 fully saturated rings. The summed E-state index contributed by atoms with van der Waals surface area (Å²) in [6.07, 6.45) is 4.74. The van der Waals surface area contributed by atoms with Gasteiger partial charge in [-0.2, -0.15) is 5.10 Å². The molecular weight excluding hydrogens is 444 g/mol. The Morgan fingerprint density at radius 2 is 1.97 bits per heavy atom. The molecule has 1 atom stereocenters. The lowest BCUT2D eigenvalue weighted by Gasteiger charge is -2.20. The molecule has 0 aliphatic rings. The lowest BCUT2D eigenvalue weighted by molar-refractivity contribution is 0.310. The lowest BCUT2D eigenvalue weighted by Crippen LogP contribution is -2.28. The molecule has 1 unspecified atom stereocenters. The molecular formula is C23H26N4O5S. The maximum Gasteiger partial charge on any atom is 0.327 e. The van der Waals surface area contributed by atoms with Crippen LogP contribution in [0.2, 0.25) is 0 Å². The number of fused-ring (bicyclic) bond motifs is 1. The number of ether oxygens (including phenoxy) is 2. The highest BCUT2D eigenvalue weighted by Gasteiger charge is 2.25. The molecule has 0 radical (unpaired) electrons. The number of nitrogens with zero attached hydrogens (tertiary/aromatic N) is 3. The minimum absolute atomic E-state index is 0.255. The normalized spacial score (nSPS) is 12.7. The third kappa shape index (κ3) is 4.51. The quantitative estimate of drug-likeness (QED) is 0.424. The van der Waals surface area contributed by atoms with Crippen LogP contribution in [0.25, 0.3) is 22.2 Å². The standard InChI is InChI=1S/C23H26N4O5S/c1-5-32-21-11-15(9-10-20(21)31-3)19(14-33(4,29)30)27-18-8-6-7-17(22(18)25-23(27)28)16-12-24-26(2)13-16/h6-13,19H,5,14H2,1-4H3,(H,25,28). The molecule has 4 rings (SSSR count). The van der Waals surface area contributed by atoms with Crippen LogP contribution in [0.5, 0.6) is 11.5 Å². The van der Waals surface area contributed by atoms with Gasteiger partial charge in [-0.1, -0.05) is 18.2 Å². The lowest BCUT2D eigenvalue weighted by atomic mass is 10.1. The summed E-state index contributed by atoms with van der Waals surface area (Å²) in [5.74, 6) is 0.762. The first-order chi connectivity index (χ1) is 15.7. The molecule has 0 aliphatic heterocycles. The molecule has 0 bridgehead atoms. The zero-order valence-corrected chi connectivity index (χ0v) is 19.7. The highest BCUT2D eigenvalue weighted by Crippen LogP contribution is 2.34. The first-order valence-corrected chi connectivity index (χ1v) is 12.5. The van der Waals surface area contributed by atoms with Crippen molar-refractivity contribution in [1.29, 1.82) is 0 Å². The van der Waals surface area contributed by atoms with Crippen molar-refractivity contribution in [2.75, 3.05) is 25.7 Å². The van der Waals surface area contributed by atoms with Gasteiger partial charge in [0.05, 0.1) is 42.7 Å². The van der Waals surface area contributed by atoms with Crippen LogP contribution in [0.3, 0.4) is 0 Å². The SMILES string of the molecule is CCOc1cc(C(CS(C)(=O)=O)n2c(=O)[nH]c3c(-c4cnn(C)c4)cccc32)ccc1OC. The molecule has 0 amide bonds. The second-order valence-electron chi connectivity index (χ2n) is 7.85. The number of aromatic nitrogens is 4. The minimum atomic E-state index is -3.44.